The Kier molecular flexibility index (Phi) is 5.39. The van der Waals surface area contributed by atoms with Crippen molar-refractivity contribution in [2.45, 2.75) is 26.8 Å². The zero-order chi connectivity index (χ0) is 16.1. The minimum Gasteiger partial charge on any atom is -0.497 e. The van der Waals surface area contributed by atoms with Crippen LogP contribution in [0.5, 0.6) is 5.75 Å². The maximum atomic E-state index is 5.40. The average Bonchev–Trinajstić information content (AvgIpc) is 2.50. The predicted molar refractivity (Wildman–Crippen MR) is 96.7 cm³/mol. The van der Waals surface area contributed by atoms with Crippen LogP contribution < -0.4 is 15.4 Å². The highest BCUT2D eigenvalue weighted by atomic mass is 32.1. The van der Waals surface area contributed by atoms with E-state index in [9.17, 15) is 0 Å². The maximum absolute atomic E-state index is 5.40. The fraction of sp³-hybridized carbons (Fsp3) is 0.278. The molecule has 0 heterocycles. The van der Waals surface area contributed by atoms with Gasteiger partial charge in [-0.15, -0.1) is 0 Å². The third-order valence-electron chi connectivity index (χ3n) is 3.60. The van der Waals surface area contributed by atoms with E-state index < -0.39 is 0 Å². The largest absolute Gasteiger partial charge is 0.497 e. The Hall–Kier alpha value is -2.07. The van der Waals surface area contributed by atoms with Crippen LogP contribution in [0.4, 0.5) is 5.69 Å². The number of nitrogens with one attached hydrogen (secondary N) is 2. The molecule has 2 rings (SSSR count). The number of aryl methyl sites for hydroxylation is 2. The summed E-state index contributed by atoms with van der Waals surface area (Å²) in [6, 6.07) is 14.3. The Morgan fingerprint density at radius 3 is 2.41 bits per heavy atom. The number of thiocarbonyl (C=S) groups is 1. The lowest BCUT2D eigenvalue weighted by molar-refractivity contribution is 0.415. The van der Waals surface area contributed by atoms with Crippen LogP contribution in [0.3, 0.4) is 0 Å². The molecule has 22 heavy (non-hydrogen) atoms. The van der Waals surface area contributed by atoms with Crippen LogP contribution in [0.25, 0.3) is 0 Å². The van der Waals surface area contributed by atoms with E-state index >= 15 is 0 Å². The highest BCUT2D eigenvalue weighted by molar-refractivity contribution is 7.80. The summed E-state index contributed by atoms with van der Waals surface area (Å²) in [4.78, 5) is 0. The number of hydrogen-bond acceptors (Lipinski definition) is 2. The summed E-state index contributed by atoms with van der Waals surface area (Å²) < 4.78 is 5.14. The predicted octanol–water partition coefficient (Wildman–Crippen LogP) is 4.36. The molecule has 0 radical (unpaired) electrons. The molecule has 0 unspecified atom stereocenters. The Morgan fingerprint density at radius 1 is 1.09 bits per heavy atom. The molecule has 116 valence electrons. The maximum Gasteiger partial charge on any atom is 0.171 e. The number of anilines is 1. The van der Waals surface area contributed by atoms with Gasteiger partial charge in [0.15, 0.2) is 5.11 Å². The molecule has 2 aromatic rings. The topological polar surface area (TPSA) is 33.3 Å². The number of methoxy groups -OCH3 is 1. The zero-order valence-corrected chi connectivity index (χ0v) is 14.3. The fourth-order valence-corrected chi connectivity index (χ4v) is 2.64. The molecule has 0 fully saturated rings. The monoisotopic (exact) mass is 314 g/mol. The summed E-state index contributed by atoms with van der Waals surface area (Å²) >= 11 is 5.40. The second-order valence-corrected chi connectivity index (χ2v) is 5.82. The van der Waals surface area contributed by atoms with Gasteiger partial charge in [0.1, 0.15) is 5.75 Å². The van der Waals surface area contributed by atoms with E-state index in [1.54, 1.807) is 7.11 Å². The van der Waals surface area contributed by atoms with Gasteiger partial charge in [-0.25, -0.2) is 0 Å². The van der Waals surface area contributed by atoms with Gasteiger partial charge in [0.2, 0.25) is 0 Å². The molecule has 0 aromatic heterocycles. The van der Waals surface area contributed by atoms with E-state index in [1.807, 2.05) is 24.3 Å². The van der Waals surface area contributed by atoms with Crippen molar-refractivity contribution in [2.24, 2.45) is 0 Å². The fourth-order valence-electron chi connectivity index (χ4n) is 2.34. The SMILES string of the molecule is COc1ccc(NC(=S)N[C@H](C)c2cc(C)ccc2C)cc1. The molecule has 0 aliphatic rings. The van der Waals surface area contributed by atoms with E-state index in [0.717, 1.165) is 11.4 Å². The van der Waals surface area contributed by atoms with E-state index in [1.165, 1.54) is 16.7 Å². The number of rotatable bonds is 4. The van der Waals surface area contributed by atoms with Gasteiger partial charge in [0.05, 0.1) is 13.2 Å². The molecule has 2 N–H and O–H groups in total. The van der Waals surface area contributed by atoms with E-state index in [0.29, 0.717) is 5.11 Å². The van der Waals surface area contributed by atoms with Crippen LogP contribution in [0.2, 0.25) is 0 Å². The Balaban J connectivity index is 2.00. The molecule has 0 saturated carbocycles. The molecule has 0 spiro atoms. The van der Waals surface area contributed by atoms with Crippen molar-refractivity contribution in [3.05, 3.63) is 59.2 Å². The van der Waals surface area contributed by atoms with Crippen LogP contribution >= 0.6 is 12.2 Å². The van der Waals surface area contributed by atoms with E-state index in [-0.39, 0.29) is 6.04 Å². The lowest BCUT2D eigenvalue weighted by atomic mass is 10.0. The highest BCUT2D eigenvalue weighted by Gasteiger charge is 2.10. The van der Waals surface area contributed by atoms with Gasteiger partial charge in [0, 0.05) is 5.69 Å². The normalized spacial score (nSPS) is 11.6. The highest BCUT2D eigenvalue weighted by Crippen LogP contribution is 2.19. The van der Waals surface area contributed by atoms with Gasteiger partial charge in [-0.3, -0.25) is 0 Å². The minimum atomic E-state index is 0.151. The lowest BCUT2D eigenvalue weighted by Gasteiger charge is -2.19. The first kappa shape index (κ1) is 16.3. The van der Waals surface area contributed by atoms with Crippen LogP contribution in [-0.2, 0) is 0 Å². The van der Waals surface area contributed by atoms with Crippen LogP contribution in [0.1, 0.15) is 29.7 Å². The summed E-state index contributed by atoms with van der Waals surface area (Å²) in [5.41, 5.74) is 4.71. The average molecular weight is 314 g/mol. The van der Waals surface area contributed by atoms with Gasteiger partial charge >= 0.3 is 0 Å². The van der Waals surface area contributed by atoms with Gasteiger partial charge < -0.3 is 15.4 Å². The summed E-state index contributed by atoms with van der Waals surface area (Å²) in [7, 11) is 1.65. The molecular weight excluding hydrogens is 292 g/mol. The van der Waals surface area contributed by atoms with Gasteiger partial charge in [0.25, 0.3) is 0 Å². The standard InChI is InChI=1S/C18H22N2OS/c1-12-5-6-13(2)17(11-12)14(3)19-18(22)20-15-7-9-16(21-4)10-8-15/h5-11,14H,1-4H3,(H2,19,20,22)/t14-/m1/s1. The molecule has 2 aromatic carbocycles. The summed E-state index contributed by atoms with van der Waals surface area (Å²) in [6.07, 6.45) is 0. The quantitative estimate of drug-likeness (QED) is 0.822. The first-order valence-electron chi connectivity index (χ1n) is 7.28. The van der Waals surface area contributed by atoms with Crippen LogP contribution in [0, 0.1) is 13.8 Å². The van der Waals surface area contributed by atoms with Crippen molar-refractivity contribution < 1.29 is 4.74 Å². The Labute approximate surface area is 137 Å². The molecule has 4 heteroatoms. The molecule has 0 aliphatic heterocycles. The van der Waals surface area contributed by atoms with Crippen molar-refractivity contribution in [3.63, 3.8) is 0 Å². The number of ether oxygens (including phenoxy) is 1. The van der Waals surface area contributed by atoms with E-state index in [2.05, 4.69) is 49.6 Å². The molecule has 0 saturated heterocycles. The molecule has 0 bridgehead atoms. The summed E-state index contributed by atoms with van der Waals surface area (Å²) in [5.74, 6) is 0.827. The second-order valence-electron chi connectivity index (χ2n) is 5.41. The molecule has 0 amide bonds. The smallest absolute Gasteiger partial charge is 0.171 e. The number of benzene rings is 2. The molecular formula is C18H22N2OS. The van der Waals surface area contributed by atoms with Crippen molar-refractivity contribution in [2.75, 3.05) is 12.4 Å². The third kappa shape index (κ3) is 4.21. The summed E-state index contributed by atoms with van der Waals surface area (Å²) in [5, 5.41) is 7.13. The number of hydrogen-bond donors (Lipinski definition) is 2. The van der Waals surface area contributed by atoms with Crippen molar-refractivity contribution >= 4 is 23.0 Å². The van der Waals surface area contributed by atoms with Crippen LogP contribution in [-0.4, -0.2) is 12.2 Å². The van der Waals surface area contributed by atoms with Crippen molar-refractivity contribution in [1.82, 2.24) is 5.32 Å². The van der Waals surface area contributed by atoms with Gasteiger partial charge in [-0.2, -0.15) is 0 Å². The minimum absolute atomic E-state index is 0.151. The Bertz CT molecular complexity index is 653. The van der Waals surface area contributed by atoms with Crippen molar-refractivity contribution in [3.8, 4) is 5.75 Å². The summed E-state index contributed by atoms with van der Waals surface area (Å²) in [6.45, 7) is 6.33. The second kappa shape index (κ2) is 7.27. The van der Waals surface area contributed by atoms with Crippen LogP contribution in [0.15, 0.2) is 42.5 Å². The van der Waals surface area contributed by atoms with Gasteiger partial charge in [-0.1, -0.05) is 23.8 Å². The first-order chi connectivity index (χ1) is 10.5. The van der Waals surface area contributed by atoms with Gasteiger partial charge in [-0.05, 0) is 68.4 Å². The molecule has 1 atom stereocenters. The van der Waals surface area contributed by atoms with Crippen molar-refractivity contribution in [1.29, 1.82) is 0 Å². The van der Waals surface area contributed by atoms with E-state index in [4.69, 9.17) is 17.0 Å². The first-order valence-corrected chi connectivity index (χ1v) is 7.69. The zero-order valence-electron chi connectivity index (χ0n) is 13.4. The third-order valence-corrected chi connectivity index (χ3v) is 3.82. The molecule has 3 nitrogen and oxygen atoms in total. The lowest BCUT2D eigenvalue weighted by Crippen LogP contribution is -2.31. The molecule has 0 aliphatic carbocycles. The Morgan fingerprint density at radius 2 is 1.77 bits per heavy atom.